The molecule has 0 aliphatic heterocycles. The van der Waals surface area contributed by atoms with E-state index in [2.05, 4.69) is 15.9 Å². The Morgan fingerprint density at radius 3 is 2.92 bits per heavy atom. The van der Waals surface area contributed by atoms with Crippen LogP contribution in [0, 0.1) is 11.3 Å². The molecule has 2 nitrogen and oxygen atoms in total. The van der Waals surface area contributed by atoms with Gasteiger partial charge in [-0.15, -0.1) is 0 Å². The van der Waals surface area contributed by atoms with Crippen molar-refractivity contribution in [1.82, 2.24) is 0 Å². The molecule has 0 fully saturated rings. The number of carbonyl (C=O) groups excluding carboxylic acids is 1. The van der Waals surface area contributed by atoms with Crippen molar-refractivity contribution in [2.24, 2.45) is 0 Å². The van der Waals surface area contributed by atoms with Crippen LogP contribution in [0.25, 0.3) is 0 Å². The number of ketones is 1. The molecule has 1 rings (SSSR count). The van der Waals surface area contributed by atoms with Gasteiger partial charge in [0, 0.05) is 17.3 Å². The first-order chi connectivity index (χ1) is 6.27. The van der Waals surface area contributed by atoms with Crippen molar-refractivity contribution in [2.75, 3.05) is 5.33 Å². The number of nitriles is 1. The molecule has 0 heterocycles. The Morgan fingerprint density at radius 1 is 1.54 bits per heavy atom. The summed E-state index contributed by atoms with van der Waals surface area (Å²) in [6.07, 6.45) is 0.467. The van der Waals surface area contributed by atoms with Crippen LogP contribution >= 0.6 is 15.9 Å². The van der Waals surface area contributed by atoms with E-state index in [0.717, 1.165) is 0 Å². The van der Waals surface area contributed by atoms with Crippen molar-refractivity contribution >= 4 is 21.7 Å². The molecule has 3 heteroatoms. The summed E-state index contributed by atoms with van der Waals surface area (Å²) in [7, 11) is 0. The van der Waals surface area contributed by atoms with Crippen molar-refractivity contribution < 1.29 is 4.79 Å². The first-order valence-corrected chi connectivity index (χ1v) is 4.99. The predicted octanol–water partition coefficient (Wildman–Crippen LogP) is 2.53. The molecule has 0 spiro atoms. The van der Waals surface area contributed by atoms with Crippen LogP contribution in [0.3, 0.4) is 0 Å². The third kappa shape index (κ3) is 2.67. The average molecular weight is 238 g/mol. The molecule has 1 aromatic carbocycles. The maximum atomic E-state index is 11.4. The molecule has 13 heavy (non-hydrogen) atoms. The monoisotopic (exact) mass is 237 g/mol. The van der Waals surface area contributed by atoms with Gasteiger partial charge in [0.05, 0.1) is 11.6 Å². The number of alkyl halides is 1. The van der Waals surface area contributed by atoms with Crippen LogP contribution in [-0.4, -0.2) is 11.1 Å². The molecular weight excluding hydrogens is 230 g/mol. The number of nitrogens with zero attached hydrogens (tertiary/aromatic N) is 1. The molecule has 0 atom stereocenters. The lowest BCUT2D eigenvalue weighted by atomic mass is 10.1. The highest BCUT2D eigenvalue weighted by Gasteiger charge is 2.04. The number of hydrogen-bond acceptors (Lipinski definition) is 2. The maximum Gasteiger partial charge on any atom is 0.163 e. The zero-order valence-corrected chi connectivity index (χ0v) is 8.54. The second kappa shape index (κ2) is 4.78. The molecular formula is C10H8BrNO. The molecule has 0 bridgehead atoms. The topological polar surface area (TPSA) is 40.9 Å². The fourth-order valence-corrected chi connectivity index (χ4v) is 1.35. The lowest BCUT2D eigenvalue weighted by Crippen LogP contribution is -1.99. The van der Waals surface area contributed by atoms with E-state index < -0.39 is 0 Å². The highest BCUT2D eigenvalue weighted by atomic mass is 79.9. The molecule has 66 valence electrons. The minimum atomic E-state index is 0.0639. The molecule has 0 amide bonds. The minimum absolute atomic E-state index is 0.0639. The number of carbonyl (C=O) groups is 1. The number of halogens is 1. The van der Waals surface area contributed by atoms with Crippen molar-refractivity contribution in [3.05, 3.63) is 35.4 Å². The van der Waals surface area contributed by atoms with Gasteiger partial charge in [0.25, 0.3) is 0 Å². The second-order valence-corrected chi connectivity index (χ2v) is 3.35. The molecule has 0 aromatic heterocycles. The third-order valence-corrected chi connectivity index (χ3v) is 2.03. The number of hydrogen-bond donors (Lipinski definition) is 0. The zero-order chi connectivity index (χ0) is 9.68. The van der Waals surface area contributed by atoms with E-state index in [9.17, 15) is 4.79 Å². The Balaban J connectivity index is 2.90. The summed E-state index contributed by atoms with van der Waals surface area (Å²) in [5.41, 5.74) is 1.14. The maximum absolute atomic E-state index is 11.4. The summed E-state index contributed by atoms with van der Waals surface area (Å²) in [5, 5.41) is 9.26. The predicted molar refractivity (Wildman–Crippen MR) is 53.9 cm³/mol. The van der Waals surface area contributed by atoms with Crippen molar-refractivity contribution in [2.45, 2.75) is 6.42 Å². The standard InChI is InChI=1S/C10H8BrNO/c11-5-4-10(13)9-3-1-2-8(6-9)7-12/h1-3,6H,4-5H2. The Labute approximate surface area is 85.3 Å². The largest absolute Gasteiger partial charge is 0.294 e. The first-order valence-electron chi connectivity index (χ1n) is 3.87. The Bertz CT molecular complexity index is 354. The van der Waals surface area contributed by atoms with E-state index in [0.29, 0.717) is 22.9 Å². The Hall–Kier alpha value is -1.14. The number of benzene rings is 1. The second-order valence-electron chi connectivity index (χ2n) is 2.55. The van der Waals surface area contributed by atoms with Crippen LogP contribution in [0.15, 0.2) is 24.3 Å². The normalized spacial score (nSPS) is 9.23. The number of rotatable bonds is 3. The molecule has 0 unspecified atom stereocenters. The van der Waals surface area contributed by atoms with E-state index >= 15 is 0 Å². The molecule has 1 aromatic rings. The van der Waals surface area contributed by atoms with Gasteiger partial charge in [0.15, 0.2) is 5.78 Å². The van der Waals surface area contributed by atoms with Gasteiger partial charge in [-0.3, -0.25) is 4.79 Å². The van der Waals surface area contributed by atoms with Crippen molar-refractivity contribution in [1.29, 1.82) is 5.26 Å². The van der Waals surface area contributed by atoms with E-state index in [1.54, 1.807) is 24.3 Å². The summed E-state index contributed by atoms with van der Waals surface area (Å²) in [6, 6.07) is 8.75. The van der Waals surface area contributed by atoms with Crippen LogP contribution in [0.1, 0.15) is 22.3 Å². The van der Waals surface area contributed by atoms with Crippen molar-refractivity contribution in [3.8, 4) is 6.07 Å². The molecule has 0 aliphatic carbocycles. The van der Waals surface area contributed by atoms with Crippen LogP contribution < -0.4 is 0 Å². The van der Waals surface area contributed by atoms with Gasteiger partial charge in [0.2, 0.25) is 0 Å². The molecule has 0 saturated heterocycles. The Kier molecular flexibility index (Phi) is 3.66. The summed E-state index contributed by atoms with van der Waals surface area (Å²) in [5.74, 6) is 0.0639. The molecule has 0 saturated carbocycles. The van der Waals surface area contributed by atoms with Crippen LogP contribution in [0.4, 0.5) is 0 Å². The van der Waals surface area contributed by atoms with E-state index in [-0.39, 0.29) is 5.78 Å². The lowest BCUT2D eigenvalue weighted by Gasteiger charge is -1.97. The van der Waals surface area contributed by atoms with Gasteiger partial charge >= 0.3 is 0 Å². The summed E-state index contributed by atoms with van der Waals surface area (Å²) < 4.78 is 0. The van der Waals surface area contributed by atoms with E-state index in [4.69, 9.17) is 5.26 Å². The van der Waals surface area contributed by atoms with Crippen molar-refractivity contribution in [3.63, 3.8) is 0 Å². The van der Waals surface area contributed by atoms with Gasteiger partial charge in [-0.05, 0) is 12.1 Å². The van der Waals surface area contributed by atoms with Crippen LogP contribution in [0.5, 0.6) is 0 Å². The minimum Gasteiger partial charge on any atom is -0.294 e. The van der Waals surface area contributed by atoms with Gasteiger partial charge in [-0.1, -0.05) is 28.1 Å². The SMILES string of the molecule is N#Cc1cccc(C(=O)CCBr)c1. The molecule has 0 N–H and O–H groups in total. The van der Waals surface area contributed by atoms with Crippen LogP contribution in [0.2, 0.25) is 0 Å². The van der Waals surface area contributed by atoms with Crippen LogP contribution in [-0.2, 0) is 0 Å². The van der Waals surface area contributed by atoms with Gasteiger partial charge in [-0.25, -0.2) is 0 Å². The highest BCUT2D eigenvalue weighted by Crippen LogP contribution is 2.07. The average Bonchev–Trinajstić information content (AvgIpc) is 2.18. The molecule has 0 aliphatic rings. The smallest absolute Gasteiger partial charge is 0.163 e. The summed E-state index contributed by atoms with van der Waals surface area (Å²) >= 11 is 3.20. The van der Waals surface area contributed by atoms with E-state index in [1.165, 1.54) is 0 Å². The third-order valence-electron chi connectivity index (χ3n) is 1.64. The molecule has 0 radical (unpaired) electrons. The first kappa shape index (κ1) is 9.94. The zero-order valence-electron chi connectivity index (χ0n) is 6.96. The van der Waals surface area contributed by atoms with Gasteiger partial charge < -0.3 is 0 Å². The summed E-state index contributed by atoms with van der Waals surface area (Å²) in [6.45, 7) is 0. The summed E-state index contributed by atoms with van der Waals surface area (Å²) in [4.78, 5) is 11.4. The lowest BCUT2D eigenvalue weighted by molar-refractivity contribution is 0.0990. The highest BCUT2D eigenvalue weighted by molar-refractivity contribution is 9.09. The Morgan fingerprint density at radius 2 is 2.31 bits per heavy atom. The van der Waals surface area contributed by atoms with Gasteiger partial charge in [0.1, 0.15) is 0 Å². The van der Waals surface area contributed by atoms with Gasteiger partial charge in [-0.2, -0.15) is 5.26 Å². The fraction of sp³-hybridized carbons (Fsp3) is 0.200. The number of Topliss-reactive ketones (excluding diaryl/α,β-unsaturated/α-hetero) is 1. The fourth-order valence-electron chi connectivity index (χ4n) is 0.992. The van der Waals surface area contributed by atoms with E-state index in [1.807, 2.05) is 6.07 Å². The quantitative estimate of drug-likeness (QED) is 0.599.